The summed E-state index contributed by atoms with van der Waals surface area (Å²) in [6.45, 7) is 1.57. The lowest BCUT2D eigenvalue weighted by Gasteiger charge is -2.09. The predicted molar refractivity (Wildman–Crippen MR) is 73.2 cm³/mol. The number of hydrogen-bond acceptors (Lipinski definition) is 4. The Labute approximate surface area is 114 Å². The van der Waals surface area contributed by atoms with Crippen LogP contribution < -0.4 is 4.74 Å². The van der Waals surface area contributed by atoms with Gasteiger partial charge in [-0.3, -0.25) is 14.9 Å². The number of nitro groups is 1. The second kappa shape index (κ2) is 5.16. The zero-order valence-electron chi connectivity index (χ0n) is 11.0. The van der Waals surface area contributed by atoms with E-state index in [4.69, 9.17) is 9.84 Å². The van der Waals surface area contributed by atoms with Crippen molar-refractivity contribution in [3.05, 3.63) is 46.0 Å². The van der Waals surface area contributed by atoms with Crippen LogP contribution in [0, 0.1) is 10.1 Å². The molecule has 0 unspecified atom stereocenters. The van der Waals surface area contributed by atoms with Crippen molar-refractivity contribution in [2.24, 2.45) is 0 Å². The first-order chi connectivity index (χ1) is 9.45. The van der Waals surface area contributed by atoms with Gasteiger partial charge in [0, 0.05) is 0 Å². The third-order valence-electron chi connectivity index (χ3n) is 3.25. The fourth-order valence-electron chi connectivity index (χ4n) is 2.08. The van der Waals surface area contributed by atoms with Gasteiger partial charge in [-0.25, -0.2) is 0 Å². The van der Waals surface area contributed by atoms with Gasteiger partial charge < -0.3 is 9.84 Å². The number of carbonyl (C=O) groups is 1. The second-order valence-electron chi connectivity index (χ2n) is 4.41. The van der Waals surface area contributed by atoms with Crippen LogP contribution in [0.2, 0.25) is 0 Å². The molecule has 2 rings (SSSR count). The van der Waals surface area contributed by atoms with Crippen LogP contribution in [0.1, 0.15) is 18.4 Å². The van der Waals surface area contributed by atoms with Crippen LogP contribution in [0.25, 0.3) is 10.8 Å². The molecule has 1 atom stereocenters. The van der Waals surface area contributed by atoms with Crippen LogP contribution in [0.15, 0.2) is 30.3 Å². The minimum absolute atomic E-state index is 0.112. The van der Waals surface area contributed by atoms with E-state index < -0.39 is 16.8 Å². The Hall–Kier alpha value is -2.63. The molecular weight excluding hydrogens is 262 g/mol. The highest BCUT2D eigenvalue weighted by Crippen LogP contribution is 2.36. The summed E-state index contributed by atoms with van der Waals surface area (Å²) < 4.78 is 4.99. The Kier molecular flexibility index (Phi) is 3.56. The van der Waals surface area contributed by atoms with Crippen LogP contribution in [-0.4, -0.2) is 23.1 Å². The summed E-state index contributed by atoms with van der Waals surface area (Å²) in [5.41, 5.74) is 0.490. The zero-order chi connectivity index (χ0) is 14.9. The third kappa shape index (κ3) is 2.27. The highest BCUT2D eigenvalue weighted by molar-refractivity contribution is 5.94. The summed E-state index contributed by atoms with van der Waals surface area (Å²) in [6.07, 6.45) is 0. The first-order valence-corrected chi connectivity index (χ1v) is 5.93. The molecule has 2 aromatic rings. The van der Waals surface area contributed by atoms with Gasteiger partial charge >= 0.3 is 11.7 Å². The normalized spacial score (nSPS) is 12.1. The molecule has 0 heterocycles. The number of nitrogens with zero attached hydrogens (tertiary/aromatic N) is 1. The Morgan fingerprint density at radius 3 is 2.60 bits per heavy atom. The van der Waals surface area contributed by atoms with Crippen LogP contribution >= 0.6 is 0 Å². The topological polar surface area (TPSA) is 89.7 Å². The summed E-state index contributed by atoms with van der Waals surface area (Å²) in [5.74, 6) is -1.42. The van der Waals surface area contributed by atoms with Crippen molar-refractivity contribution in [1.82, 2.24) is 0 Å². The predicted octanol–water partition coefficient (Wildman–Crippen LogP) is 2.94. The summed E-state index contributed by atoms with van der Waals surface area (Å²) >= 11 is 0. The van der Waals surface area contributed by atoms with Gasteiger partial charge in [-0.15, -0.1) is 0 Å². The number of carboxylic acids is 1. The molecule has 0 aromatic heterocycles. The number of carboxylic acid groups (broad SMARTS) is 1. The molecule has 0 saturated heterocycles. The largest absolute Gasteiger partial charge is 0.490 e. The van der Waals surface area contributed by atoms with E-state index in [1.165, 1.54) is 13.2 Å². The molecule has 0 radical (unpaired) electrons. The fraction of sp³-hybridized carbons (Fsp3) is 0.214. The van der Waals surface area contributed by atoms with Crippen LogP contribution in [0.5, 0.6) is 5.75 Å². The zero-order valence-corrected chi connectivity index (χ0v) is 11.0. The number of ether oxygens (including phenoxy) is 1. The van der Waals surface area contributed by atoms with Crippen LogP contribution in [0.3, 0.4) is 0 Å². The lowest BCUT2D eigenvalue weighted by Crippen LogP contribution is -2.07. The molecule has 0 spiro atoms. The molecule has 2 aromatic carbocycles. The third-order valence-corrected chi connectivity index (χ3v) is 3.25. The van der Waals surface area contributed by atoms with E-state index in [1.54, 1.807) is 31.2 Å². The molecule has 0 fully saturated rings. The molecule has 6 nitrogen and oxygen atoms in total. The van der Waals surface area contributed by atoms with Gasteiger partial charge in [0.05, 0.1) is 23.3 Å². The van der Waals surface area contributed by atoms with Crippen molar-refractivity contribution in [1.29, 1.82) is 0 Å². The molecule has 20 heavy (non-hydrogen) atoms. The molecule has 0 saturated carbocycles. The second-order valence-corrected chi connectivity index (χ2v) is 4.41. The number of hydrogen-bond donors (Lipinski definition) is 1. The van der Waals surface area contributed by atoms with Crippen molar-refractivity contribution in [2.45, 2.75) is 12.8 Å². The molecule has 6 heteroatoms. The molecule has 0 aliphatic heterocycles. The number of aliphatic carboxylic acids is 1. The maximum Gasteiger partial charge on any atom is 0.318 e. The molecular formula is C14H13NO5. The Balaban J connectivity index is 2.67. The number of benzene rings is 2. The quantitative estimate of drug-likeness (QED) is 0.684. The van der Waals surface area contributed by atoms with E-state index in [0.29, 0.717) is 16.3 Å². The highest BCUT2D eigenvalue weighted by atomic mass is 16.6. The Morgan fingerprint density at radius 1 is 1.35 bits per heavy atom. The summed E-state index contributed by atoms with van der Waals surface area (Å²) in [5, 5.41) is 21.2. The molecule has 0 aliphatic rings. The lowest BCUT2D eigenvalue weighted by molar-refractivity contribution is -0.383. The Morgan fingerprint density at radius 2 is 2.05 bits per heavy atom. The van der Waals surface area contributed by atoms with Crippen molar-refractivity contribution in [3.8, 4) is 5.75 Å². The van der Waals surface area contributed by atoms with E-state index in [2.05, 4.69) is 0 Å². The smallest absolute Gasteiger partial charge is 0.318 e. The standard InChI is InChI=1S/C14H13NO5/c1-8(14(16)17)9-3-5-11-10(7-9)4-6-12(20-2)13(11)15(18)19/h3-8H,1-2H3,(H,16,17)/t8-/m0/s1. The molecule has 0 aliphatic carbocycles. The summed E-state index contributed by atoms with van der Waals surface area (Å²) in [7, 11) is 1.37. The first kappa shape index (κ1) is 13.8. The minimum Gasteiger partial charge on any atom is -0.490 e. The van der Waals surface area contributed by atoms with E-state index in [0.717, 1.165) is 0 Å². The SMILES string of the molecule is COc1ccc2cc([C@H](C)C(=O)O)ccc2c1[N+](=O)[O-]. The van der Waals surface area contributed by atoms with E-state index in [9.17, 15) is 14.9 Å². The molecule has 104 valence electrons. The van der Waals surface area contributed by atoms with Crippen molar-refractivity contribution >= 4 is 22.4 Å². The van der Waals surface area contributed by atoms with Gasteiger partial charge in [0.1, 0.15) is 0 Å². The first-order valence-electron chi connectivity index (χ1n) is 5.93. The van der Waals surface area contributed by atoms with Gasteiger partial charge in [-0.2, -0.15) is 0 Å². The Bertz CT molecular complexity index is 695. The van der Waals surface area contributed by atoms with E-state index >= 15 is 0 Å². The summed E-state index contributed by atoms with van der Waals surface area (Å²) in [4.78, 5) is 21.6. The maximum atomic E-state index is 11.2. The fourth-order valence-corrected chi connectivity index (χ4v) is 2.08. The van der Waals surface area contributed by atoms with Crippen molar-refractivity contribution in [2.75, 3.05) is 7.11 Å². The van der Waals surface area contributed by atoms with E-state index in [1.807, 2.05) is 0 Å². The van der Waals surface area contributed by atoms with Gasteiger partial charge in [0.2, 0.25) is 0 Å². The van der Waals surface area contributed by atoms with Gasteiger partial charge in [-0.05, 0) is 30.0 Å². The maximum absolute atomic E-state index is 11.2. The van der Waals surface area contributed by atoms with Gasteiger partial charge in [0.25, 0.3) is 0 Å². The van der Waals surface area contributed by atoms with Crippen molar-refractivity contribution in [3.63, 3.8) is 0 Å². The number of methoxy groups -OCH3 is 1. The average Bonchev–Trinajstić information content (AvgIpc) is 2.44. The molecule has 1 N–H and O–H groups in total. The van der Waals surface area contributed by atoms with Gasteiger partial charge in [-0.1, -0.05) is 18.2 Å². The monoisotopic (exact) mass is 275 g/mol. The number of rotatable bonds is 4. The molecule has 0 amide bonds. The van der Waals surface area contributed by atoms with Crippen molar-refractivity contribution < 1.29 is 19.6 Å². The van der Waals surface area contributed by atoms with Crippen LogP contribution in [-0.2, 0) is 4.79 Å². The van der Waals surface area contributed by atoms with E-state index in [-0.39, 0.29) is 11.4 Å². The van der Waals surface area contributed by atoms with Crippen LogP contribution in [0.4, 0.5) is 5.69 Å². The lowest BCUT2D eigenvalue weighted by atomic mass is 9.97. The number of fused-ring (bicyclic) bond motifs is 1. The average molecular weight is 275 g/mol. The number of nitro benzene ring substituents is 1. The highest BCUT2D eigenvalue weighted by Gasteiger charge is 2.21. The minimum atomic E-state index is -0.938. The van der Waals surface area contributed by atoms with Gasteiger partial charge in [0.15, 0.2) is 5.75 Å². The summed E-state index contributed by atoms with van der Waals surface area (Å²) in [6, 6.07) is 7.99. The molecule has 0 bridgehead atoms.